The number of hydrogen-bond donors (Lipinski definition) is 1. The van der Waals surface area contributed by atoms with Crippen LogP contribution < -0.4 is 14.8 Å². The number of carbonyl (C=O) groups excluding carboxylic acids is 1. The van der Waals surface area contributed by atoms with E-state index in [9.17, 15) is 4.79 Å². The molecule has 0 saturated heterocycles. The van der Waals surface area contributed by atoms with Gasteiger partial charge >= 0.3 is 0 Å². The van der Waals surface area contributed by atoms with Crippen LogP contribution in [0.25, 0.3) is 0 Å². The van der Waals surface area contributed by atoms with E-state index in [2.05, 4.69) is 43.2 Å². The quantitative estimate of drug-likeness (QED) is 0.539. The number of nitrogens with one attached hydrogen (secondary N) is 1. The molecule has 0 spiro atoms. The Hall–Kier alpha value is -1.05. The molecule has 0 aliphatic carbocycles. The van der Waals surface area contributed by atoms with Crippen molar-refractivity contribution in [3.8, 4) is 11.5 Å². The maximum absolute atomic E-state index is 12.0. The van der Waals surface area contributed by atoms with Crippen LogP contribution in [0.5, 0.6) is 11.5 Å². The molecule has 0 radical (unpaired) electrons. The summed E-state index contributed by atoms with van der Waals surface area (Å²) in [6, 6.07) is 7.96. The molecule has 4 nitrogen and oxygen atoms in total. The molecule has 0 bridgehead atoms. The lowest BCUT2D eigenvalue weighted by molar-refractivity contribution is -0.121. The van der Waals surface area contributed by atoms with Crippen molar-refractivity contribution in [2.24, 2.45) is 0 Å². The van der Waals surface area contributed by atoms with Crippen LogP contribution in [0.4, 0.5) is 0 Å². The van der Waals surface area contributed by atoms with E-state index in [1.54, 1.807) is 25.6 Å². The molecule has 136 valence electrons. The molecule has 0 aliphatic rings. The number of aryl methyl sites for hydroxylation is 1. The highest BCUT2D eigenvalue weighted by Crippen LogP contribution is 2.33. The van der Waals surface area contributed by atoms with Crippen molar-refractivity contribution in [3.63, 3.8) is 0 Å². The minimum Gasteiger partial charge on any atom is -0.493 e. The zero-order valence-electron chi connectivity index (χ0n) is 14.2. The second-order valence-corrected chi connectivity index (χ2v) is 8.86. The predicted octanol–water partition coefficient (Wildman–Crippen LogP) is 4.97. The summed E-state index contributed by atoms with van der Waals surface area (Å²) >= 11 is 8.71. The summed E-state index contributed by atoms with van der Waals surface area (Å²) in [4.78, 5) is 13.3. The normalized spacial score (nSPS) is 10.6. The smallest absolute Gasteiger partial charge is 0.220 e. The van der Waals surface area contributed by atoms with E-state index in [4.69, 9.17) is 9.47 Å². The Morgan fingerprint density at radius 1 is 1.12 bits per heavy atom. The fraction of sp³-hybridized carbons (Fsp3) is 0.389. The molecule has 7 heteroatoms. The van der Waals surface area contributed by atoms with E-state index >= 15 is 0 Å². The van der Waals surface area contributed by atoms with Gasteiger partial charge in [0.05, 0.1) is 18.0 Å². The van der Waals surface area contributed by atoms with Crippen LogP contribution in [0.1, 0.15) is 23.3 Å². The molecule has 1 amide bonds. The molecule has 0 unspecified atom stereocenters. The average molecular weight is 491 g/mol. The van der Waals surface area contributed by atoms with Crippen molar-refractivity contribution >= 4 is 49.1 Å². The number of thiophene rings is 1. The number of ether oxygens (including phenoxy) is 2. The highest BCUT2D eigenvalue weighted by molar-refractivity contribution is 9.11. The summed E-state index contributed by atoms with van der Waals surface area (Å²) in [5, 5.41) is 2.98. The number of amides is 1. The Labute approximate surface area is 169 Å². The number of hydrogen-bond acceptors (Lipinski definition) is 4. The van der Waals surface area contributed by atoms with Crippen LogP contribution in [0, 0.1) is 0 Å². The van der Waals surface area contributed by atoms with Crippen molar-refractivity contribution in [2.45, 2.75) is 25.7 Å². The molecule has 0 atom stereocenters. The van der Waals surface area contributed by atoms with E-state index in [1.807, 2.05) is 18.2 Å². The first kappa shape index (κ1) is 20.3. The van der Waals surface area contributed by atoms with Gasteiger partial charge in [-0.3, -0.25) is 4.79 Å². The van der Waals surface area contributed by atoms with E-state index in [1.165, 1.54) is 4.88 Å². The molecule has 25 heavy (non-hydrogen) atoms. The zero-order chi connectivity index (χ0) is 18.2. The molecule has 0 fully saturated rings. The van der Waals surface area contributed by atoms with Crippen LogP contribution in [0.3, 0.4) is 0 Å². The van der Waals surface area contributed by atoms with Crippen LogP contribution in [0.2, 0.25) is 0 Å². The largest absolute Gasteiger partial charge is 0.493 e. The van der Waals surface area contributed by atoms with Gasteiger partial charge in [0.1, 0.15) is 0 Å². The number of rotatable bonds is 9. The highest BCUT2D eigenvalue weighted by Gasteiger charge is 2.10. The standard InChI is InChI=1S/C18H21Br2NO3S/c1-23-15-10-12(14(19)11-16(15)24-2)8-9-21-18(22)5-3-4-13-6-7-17(20)25-13/h6-7,10-11H,3-5,8-9H2,1-2H3,(H,21,22). The summed E-state index contributed by atoms with van der Waals surface area (Å²) in [6.45, 7) is 0.595. The number of benzene rings is 1. The van der Waals surface area contributed by atoms with Crippen molar-refractivity contribution < 1.29 is 14.3 Å². The topological polar surface area (TPSA) is 47.6 Å². The molecular weight excluding hydrogens is 470 g/mol. The Morgan fingerprint density at radius 2 is 1.84 bits per heavy atom. The fourth-order valence-corrected chi connectivity index (χ4v) is 4.47. The minimum atomic E-state index is 0.0900. The van der Waals surface area contributed by atoms with Crippen molar-refractivity contribution in [1.29, 1.82) is 0 Å². The lowest BCUT2D eigenvalue weighted by Gasteiger charge is -2.12. The first-order chi connectivity index (χ1) is 12.0. The van der Waals surface area contributed by atoms with Crippen LogP contribution in [0.15, 0.2) is 32.5 Å². The summed E-state index contributed by atoms with van der Waals surface area (Å²) in [5.74, 6) is 1.46. The maximum Gasteiger partial charge on any atom is 0.220 e. The lowest BCUT2D eigenvalue weighted by Crippen LogP contribution is -2.25. The van der Waals surface area contributed by atoms with Gasteiger partial charge < -0.3 is 14.8 Å². The summed E-state index contributed by atoms with van der Waals surface area (Å²) in [6.07, 6.45) is 3.07. The molecule has 0 aliphatic heterocycles. The van der Waals surface area contributed by atoms with Gasteiger partial charge in [0.15, 0.2) is 11.5 Å². The number of carbonyl (C=O) groups is 1. The number of halogens is 2. The van der Waals surface area contributed by atoms with E-state index in [0.29, 0.717) is 24.5 Å². The summed E-state index contributed by atoms with van der Waals surface area (Å²) in [5.41, 5.74) is 1.07. The number of methoxy groups -OCH3 is 2. The zero-order valence-corrected chi connectivity index (χ0v) is 18.2. The Bertz CT molecular complexity index is 718. The van der Waals surface area contributed by atoms with E-state index in [-0.39, 0.29) is 5.91 Å². The molecule has 1 heterocycles. The Morgan fingerprint density at radius 3 is 2.48 bits per heavy atom. The summed E-state index contributed by atoms with van der Waals surface area (Å²) < 4.78 is 12.7. The SMILES string of the molecule is COc1cc(Br)c(CCNC(=O)CCCc2ccc(Br)s2)cc1OC. The maximum atomic E-state index is 12.0. The molecule has 2 rings (SSSR count). The van der Waals surface area contributed by atoms with E-state index < -0.39 is 0 Å². The second kappa shape index (κ2) is 10.2. The van der Waals surface area contributed by atoms with Gasteiger partial charge in [0.2, 0.25) is 5.91 Å². The van der Waals surface area contributed by atoms with Crippen LogP contribution in [-0.4, -0.2) is 26.7 Å². The van der Waals surface area contributed by atoms with Gasteiger partial charge in [-0.2, -0.15) is 0 Å². The van der Waals surface area contributed by atoms with Crippen LogP contribution in [-0.2, 0) is 17.6 Å². The van der Waals surface area contributed by atoms with Gasteiger partial charge in [0, 0.05) is 22.3 Å². The summed E-state index contributed by atoms with van der Waals surface area (Å²) in [7, 11) is 3.22. The van der Waals surface area contributed by atoms with Crippen molar-refractivity contribution in [1.82, 2.24) is 5.32 Å². The molecular formula is C18H21Br2NO3S. The average Bonchev–Trinajstić information content (AvgIpc) is 3.01. The fourth-order valence-electron chi connectivity index (χ4n) is 2.42. The van der Waals surface area contributed by atoms with E-state index in [0.717, 1.165) is 33.1 Å². The monoisotopic (exact) mass is 489 g/mol. The second-order valence-electron chi connectivity index (χ2n) is 5.46. The van der Waals surface area contributed by atoms with Gasteiger partial charge in [-0.1, -0.05) is 15.9 Å². The highest BCUT2D eigenvalue weighted by atomic mass is 79.9. The molecule has 0 saturated carbocycles. The van der Waals surface area contributed by atoms with Crippen molar-refractivity contribution in [2.75, 3.05) is 20.8 Å². The molecule has 2 aromatic rings. The van der Waals surface area contributed by atoms with Crippen molar-refractivity contribution in [3.05, 3.63) is 43.0 Å². The third-order valence-electron chi connectivity index (χ3n) is 3.72. The predicted molar refractivity (Wildman–Crippen MR) is 109 cm³/mol. The minimum absolute atomic E-state index is 0.0900. The van der Waals surface area contributed by atoms with Crippen LogP contribution >= 0.6 is 43.2 Å². The Balaban J connectivity index is 1.75. The molecule has 1 aromatic carbocycles. The molecule has 1 N–H and O–H groups in total. The van der Waals surface area contributed by atoms with Gasteiger partial charge in [0.25, 0.3) is 0 Å². The third-order valence-corrected chi connectivity index (χ3v) is 6.15. The third kappa shape index (κ3) is 6.31. The van der Waals surface area contributed by atoms with Gasteiger partial charge in [-0.25, -0.2) is 0 Å². The first-order valence-corrected chi connectivity index (χ1v) is 10.3. The van der Waals surface area contributed by atoms with Gasteiger partial charge in [-0.05, 0) is 65.0 Å². The van der Waals surface area contributed by atoms with Gasteiger partial charge in [-0.15, -0.1) is 11.3 Å². The first-order valence-electron chi connectivity index (χ1n) is 7.94. The lowest BCUT2D eigenvalue weighted by atomic mass is 10.1. The Kier molecular flexibility index (Phi) is 8.26. The molecule has 1 aromatic heterocycles.